The largest absolute Gasteiger partial charge is 0.382 e. The summed E-state index contributed by atoms with van der Waals surface area (Å²) < 4.78 is 6.56. The fourth-order valence-corrected chi connectivity index (χ4v) is 4.98. The maximum atomic E-state index is 13.2. The Balaban J connectivity index is 1.41. The van der Waals surface area contributed by atoms with E-state index in [1.165, 1.54) is 0 Å². The zero-order valence-corrected chi connectivity index (χ0v) is 18.6. The number of hydrogen-bond acceptors (Lipinski definition) is 7. The summed E-state index contributed by atoms with van der Waals surface area (Å²) in [6.07, 6.45) is 8.44. The Hall–Kier alpha value is -3.36. The third-order valence-corrected chi connectivity index (χ3v) is 6.77. The number of aromatic nitrogens is 3. The predicted octanol–water partition coefficient (Wildman–Crippen LogP) is 3.72. The average molecular weight is 445 g/mol. The maximum Gasteiger partial charge on any atom is 0.278 e. The van der Waals surface area contributed by atoms with Gasteiger partial charge < -0.3 is 21.5 Å². The first-order valence-electron chi connectivity index (χ1n) is 11.4. The van der Waals surface area contributed by atoms with E-state index in [-0.39, 0.29) is 29.3 Å². The van der Waals surface area contributed by atoms with Crippen LogP contribution in [0.25, 0.3) is 11.3 Å². The van der Waals surface area contributed by atoms with E-state index in [1.54, 1.807) is 18.6 Å². The Kier molecular flexibility index (Phi) is 5.55. The van der Waals surface area contributed by atoms with Crippen LogP contribution >= 0.6 is 0 Å². The molecule has 1 aromatic carbocycles. The first kappa shape index (κ1) is 21.5. The number of hydrogen-bond donors (Lipinski definition) is 3. The number of ether oxygens (including phenoxy) is 1. The monoisotopic (exact) mass is 444 g/mol. The van der Waals surface area contributed by atoms with Crippen molar-refractivity contribution in [3.63, 3.8) is 0 Å². The number of nitrogens with two attached hydrogens (primary N) is 2. The molecule has 170 valence electrons. The Bertz CT molecular complexity index is 1160. The van der Waals surface area contributed by atoms with Crippen LogP contribution in [0.2, 0.25) is 0 Å². The summed E-state index contributed by atoms with van der Waals surface area (Å²) in [6.45, 7) is 2.17. The highest BCUT2D eigenvalue weighted by molar-refractivity contribution is 6.06. The highest BCUT2D eigenvalue weighted by Gasteiger charge is 2.56. The van der Waals surface area contributed by atoms with Crippen molar-refractivity contribution in [1.29, 1.82) is 0 Å². The molecule has 1 saturated heterocycles. The molecule has 1 amide bonds. The molecule has 1 spiro atoms. The zero-order valence-electron chi connectivity index (χ0n) is 18.6. The van der Waals surface area contributed by atoms with Gasteiger partial charge in [-0.15, -0.1) is 0 Å². The van der Waals surface area contributed by atoms with Crippen LogP contribution in [0.4, 0.5) is 11.5 Å². The molecule has 2 aromatic heterocycles. The van der Waals surface area contributed by atoms with Crippen molar-refractivity contribution in [1.82, 2.24) is 15.0 Å². The van der Waals surface area contributed by atoms with E-state index in [4.69, 9.17) is 16.2 Å². The molecule has 1 aliphatic heterocycles. The number of amides is 1. The number of benzene rings is 1. The summed E-state index contributed by atoms with van der Waals surface area (Å²) >= 11 is 0. The summed E-state index contributed by atoms with van der Waals surface area (Å²) in [5.74, 6) is -0.0135. The van der Waals surface area contributed by atoms with Gasteiger partial charge in [0.25, 0.3) is 5.91 Å². The second-order valence-corrected chi connectivity index (χ2v) is 8.86. The molecule has 0 bridgehead atoms. The van der Waals surface area contributed by atoms with E-state index < -0.39 is 5.91 Å². The summed E-state index contributed by atoms with van der Waals surface area (Å²) in [6, 6.07) is 11.5. The summed E-state index contributed by atoms with van der Waals surface area (Å²) in [7, 11) is 0. The predicted molar refractivity (Wildman–Crippen MR) is 126 cm³/mol. The number of nitrogen functional groups attached to an aromatic ring is 1. The molecule has 3 atom stereocenters. The van der Waals surface area contributed by atoms with Gasteiger partial charge in [0.05, 0.1) is 35.5 Å². The van der Waals surface area contributed by atoms with E-state index >= 15 is 0 Å². The normalized spacial score (nSPS) is 23.3. The molecule has 5 rings (SSSR count). The molecule has 2 aliphatic rings. The second-order valence-electron chi connectivity index (χ2n) is 8.86. The highest BCUT2D eigenvalue weighted by Crippen LogP contribution is 2.55. The van der Waals surface area contributed by atoms with Gasteiger partial charge in [-0.05, 0) is 31.7 Å². The van der Waals surface area contributed by atoms with Crippen LogP contribution in [0, 0.1) is 5.92 Å². The molecule has 5 N–H and O–H groups in total. The molecule has 8 heteroatoms. The van der Waals surface area contributed by atoms with Gasteiger partial charge in [0.15, 0.2) is 11.5 Å². The first-order valence-corrected chi connectivity index (χ1v) is 11.4. The Labute approximate surface area is 192 Å². The molecule has 8 nitrogen and oxygen atoms in total. The molecule has 33 heavy (non-hydrogen) atoms. The Morgan fingerprint density at radius 3 is 2.73 bits per heavy atom. The van der Waals surface area contributed by atoms with E-state index in [0.717, 1.165) is 30.4 Å². The molecule has 3 aromatic rings. The van der Waals surface area contributed by atoms with Gasteiger partial charge in [0.2, 0.25) is 0 Å². The number of nitrogens with one attached hydrogen (secondary N) is 1. The Morgan fingerprint density at radius 2 is 2.00 bits per heavy atom. The van der Waals surface area contributed by atoms with Gasteiger partial charge in [0, 0.05) is 29.3 Å². The fraction of sp³-hybridized carbons (Fsp3) is 0.360. The van der Waals surface area contributed by atoms with E-state index in [0.29, 0.717) is 23.7 Å². The van der Waals surface area contributed by atoms with Crippen LogP contribution in [0.3, 0.4) is 0 Å². The minimum atomic E-state index is -0.445. The van der Waals surface area contributed by atoms with Crippen molar-refractivity contribution in [2.75, 3.05) is 11.1 Å². The molecular weight excluding hydrogens is 416 g/mol. The van der Waals surface area contributed by atoms with E-state index in [2.05, 4.69) is 27.2 Å². The van der Waals surface area contributed by atoms with Crippen LogP contribution in [0.5, 0.6) is 0 Å². The molecular formula is C25H28N6O2. The van der Waals surface area contributed by atoms with Crippen LogP contribution < -0.4 is 16.8 Å². The summed E-state index contributed by atoms with van der Waals surface area (Å²) in [5.41, 5.74) is 15.3. The quantitative estimate of drug-likeness (QED) is 0.547. The Morgan fingerprint density at radius 1 is 1.21 bits per heavy atom. The summed E-state index contributed by atoms with van der Waals surface area (Å²) in [5, 5.41) is 2.93. The molecule has 0 radical (unpaired) electrons. The minimum absolute atomic E-state index is 0.0528. The van der Waals surface area contributed by atoms with Crippen molar-refractivity contribution >= 4 is 17.4 Å². The van der Waals surface area contributed by atoms with Crippen molar-refractivity contribution in [2.24, 2.45) is 11.7 Å². The van der Waals surface area contributed by atoms with Crippen molar-refractivity contribution < 1.29 is 9.53 Å². The first-order chi connectivity index (χ1) is 16.0. The topological polar surface area (TPSA) is 129 Å². The van der Waals surface area contributed by atoms with Crippen LogP contribution in [0.15, 0.2) is 55.0 Å². The van der Waals surface area contributed by atoms with Crippen LogP contribution in [-0.4, -0.2) is 32.5 Å². The molecule has 1 aliphatic carbocycles. The maximum absolute atomic E-state index is 13.2. The summed E-state index contributed by atoms with van der Waals surface area (Å²) in [4.78, 5) is 26.0. The number of anilines is 2. The molecule has 1 saturated carbocycles. The van der Waals surface area contributed by atoms with Gasteiger partial charge >= 0.3 is 0 Å². The molecule has 3 heterocycles. The number of carbonyl (C=O) groups is 1. The smallest absolute Gasteiger partial charge is 0.278 e. The standard InChI is InChI=1S/C25H28N6O2/c1-2-17-18(26)12-21(33-25(17)9-10-25)16-8-11-28-13-20(16)31-24(32)22-23(27)29-14-19(30-22)15-6-4-3-5-7-15/h3-8,11,13-14,17-18,21H,2,9-10,12,26H2,1H3,(H2,27,29)(H,31,32)/t17?,18-,21+/m0/s1. The SMILES string of the molecule is CCC1[C@@H](N)C[C@H](c2ccncc2NC(=O)c2nc(-c3ccccc3)cnc2N)OC12CC2. The number of pyridine rings is 1. The number of rotatable bonds is 5. The van der Waals surface area contributed by atoms with Gasteiger partial charge in [0.1, 0.15) is 0 Å². The second kappa shape index (κ2) is 8.53. The fourth-order valence-electron chi connectivity index (χ4n) is 4.98. The third-order valence-electron chi connectivity index (χ3n) is 6.77. The lowest BCUT2D eigenvalue weighted by molar-refractivity contribution is -0.113. The lowest BCUT2D eigenvalue weighted by atomic mass is 9.82. The van der Waals surface area contributed by atoms with Crippen molar-refractivity contribution in [3.8, 4) is 11.3 Å². The van der Waals surface area contributed by atoms with Crippen LogP contribution in [-0.2, 0) is 4.74 Å². The third kappa shape index (κ3) is 4.07. The van der Waals surface area contributed by atoms with E-state index in [9.17, 15) is 4.79 Å². The molecule has 1 unspecified atom stereocenters. The lowest BCUT2D eigenvalue weighted by Crippen LogP contribution is -2.47. The van der Waals surface area contributed by atoms with Gasteiger partial charge in [-0.3, -0.25) is 9.78 Å². The lowest BCUT2D eigenvalue weighted by Gasteiger charge is -2.41. The van der Waals surface area contributed by atoms with Crippen LogP contribution in [0.1, 0.15) is 54.8 Å². The van der Waals surface area contributed by atoms with Gasteiger partial charge in [-0.25, -0.2) is 9.97 Å². The molecule has 2 fully saturated rings. The number of nitrogens with zero attached hydrogens (tertiary/aromatic N) is 3. The minimum Gasteiger partial charge on any atom is -0.382 e. The highest BCUT2D eigenvalue weighted by atomic mass is 16.5. The zero-order chi connectivity index (χ0) is 23.0. The van der Waals surface area contributed by atoms with Crippen molar-refractivity contribution in [2.45, 2.75) is 50.4 Å². The van der Waals surface area contributed by atoms with Gasteiger partial charge in [-0.1, -0.05) is 37.3 Å². The van der Waals surface area contributed by atoms with E-state index in [1.807, 2.05) is 36.4 Å². The average Bonchev–Trinajstić information content (AvgIpc) is 3.59. The van der Waals surface area contributed by atoms with Crippen molar-refractivity contribution in [3.05, 3.63) is 66.2 Å². The number of carbonyl (C=O) groups excluding carboxylic acids is 1. The van der Waals surface area contributed by atoms with Gasteiger partial charge in [-0.2, -0.15) is 0 Å².